The average molecular weight is 1550 g/mol. The highest BCUT2D eigenvalue weighted by Crippen LogP contribution is 2.72. The number of aryl methyl sites for hydroxylation is 1. The van der Waals surface area contributed by atoms with Crippen molar-refractivity contribution in [3.63, 3.8) is 0 Å². The first-order chi connectivity index (χ1) is 54.0. The Bertz CT molecular complexity index is 4200. The summed E-state index contributed by atoms with van der Waals surface area (Å²) in [5.41, 5.74) is 9.33. The molecule has 112 heavy (non-hydrogen) atoms. The van der Waals surface area contributed by atoms with E-state index < -0.39 is 28.2 Å². The van der Waals surface area contributed by atoms with Crippen molar-refractivity contribution in [1.82, 2.24) is 0 Å². The number of fused-ring (bicyclic) bond motifs is 10. The fourth-order valence-electron chi connectivity index (χ4n) is 26.7. The summed E-state index contributed by atoms with van der Waals surface area (Å²) < 4.78 is 65.5. The van der Waals surface area contributed by atoms with Crippen LogP contribution in [0.3, 0.4) is 0 Å². The molecule has 10 nitrogen and oxygen atoms in total. The van der Waals surface area contributed by atoms with Crippen molar-refractivity contribution < 1.29 is 46.7 Å². The van der Waals surface area contributed by atoms with Crippen LogP contribution in [0.5, 0.6) is 0 Å². The van der Waals surface area contributed by atoms with Crippen LogP contribution in [0.4, 0.5) is 0 Å². The number of ether oxygens (including phenoxy) is 8. The molecule has 4 aliphatic heterocycles. The van der Waals surface area contributed by atoms with Gasteiger partial charge in [-0.2, -0.15) is 0 Å². The molecule has 4 saturated heterocycles. The van der Waals surface area contributed by atoms with Crippen LogP contribution in [-0.2, 0) is 66.4 Å². The molecule has 0 bridgehead atoms. The Labute approximate surface area is 673 Å². The van der Waals surface area contributed by atoms with Gasteiger partial charge in [0.1, 0.15) is 0 Å². The number of hydrogen-bond donors (Lipinski definition) is 0. The molecule has 0 radical (unpaired) electrons. The van der Waals surface area contributed by atoms with Crippen LogP contribution in [0.25, 0.3) is 6.08 Å². The zero-order chi connectivity index (χ0) is 77.3. The number of benzene rings is 6. The second-order valence-corrected chi connectivity index (χ2v) is 47.9. The minimum atomic E-state index is -2.61. The first-order valence-corrected chi connectivity index (χ1v) is 47.7. The summed E-state index contributed by atoms with van der Waals surface area (Å²) in [4.78, 5) is 0. The summed E-state index contributed by atoms with van der Waals surface area (Å²) in [6, 6.07) is 62.3. The van der Waals surface area contributed by atoms with E-state index in [-0.39, 0.29) is 43.3 Å². The lowest BCUT2D eigenvalue weighted by atomic mass is 9.46. The van der Waals surface area contributed by atoms with Crippen LogP contribution < -0.4 is 20.7 Å². The normalized spacial score (nSPS) is 32.2. The summed E-state index contributed by atoms with van der Waals surface area (Å²) in [6.45, 7) is 30.8. The SMILES string of the molecule is CC1([C@H]2CC[C@H]3[C@@H]4CC=C5CC6(CC[C@@]5(C)[C@@H]4CC[C@]23C/C=C\c2ccc(CO[Si](c3ccccc3)(c3ccccc3)C(C)(C)C)cc2)OCCO6)OCCO1.CC1([C@H]2CC[C@H]3[C@@H]4CC=C5CC6(CC[C@@]5(C)[C@@H]4CC[C@]23CCCc2ccc(CO[Si](c3ccccc3)(c3ccccc3)C(C)(C)C)cc2)OCCO6)OCCO1. The molecule has 12 atom stereocenters. The van der Waals surface area contributed by atoms with Crippen LogP contribution in [-0.4, -0.2) is 92.6 Å². The van der Waals surface area contributed by atoms with Gasteiger partial charge in [-0.15, -0.1) is 0 Å². The molecule has 6 aromatic rings. The van der Waals surface area contributed by atoms with Crippen molar-refractivity contribution in [2.75, 3.05) is 52.9 Å². The fraction of sp³-hybridized carbons (Fsp3) is 0.580. The summed E-state index contributed by atoms with van der Waals surface area (Å²) in [6.07, 6.45) is 33.7. The van der Waals surface area contributed by atoms with Gasteiger partial charge in [-0.1, -0.05) is 261 Å². The summed E-state index contributed by atoms with van der Waals surface area (Å²) in [5.74, 6) is 3.51. The van der Waals surface area contributed by atoms with E-state index in [1.54, 1.807) is 11.1 Å². The third-order valence-corrected chi connectivity index (χ3v) is 41.9. The molecule has 0 N–H and O–H groups in total. The lowest BCUT2D eigenvalue weighted by Gasteiger charge is -2.60. The molecule has 8 aliphatic carbocycles. The maximum absolute atomic E-state index is 7.28. The summed E-state index contributed by atoms with van der Waals surface area (Å²) in [5, 5.41) is 5.20. The molecule has 12 aliphatic rings. The van der Waals surface area contributed by atoms with Crippen molar-refractivity contribution in [2.24, 2.45) is 69.0 Å². The molecule has 0 unspecified atom stereocenters. The van der Waals surface area contributed by atoms with Gasteiger partial charge in [0.2, 0.25) is 0 Å². The van der Waals surface area contributed by atoms with Crippen molar-refractivity contribution in [3.05, 3.63) is 221 Å². The van der Waals surface area contributed by atoms with Crippen molar-refractivity contribution in [2.45, 2.75) is 244 Å². The molecule has 0 amide bonds. The molecule has 10 fully saturated rings. The van der Waals surface area contributed by atoms with Crippen LogP contribution in [0, 0.1) is 69.0 Å². The van der Waals surface area contributed by atoms with Crippen molar-refractivity contribution >= 4 is 43.5 Å². The van der Waals surface area contributed by atoms with Gasteiger partial charge in [0.05, 0.1) is 66.1 Å². The van der Waals surface area contributed by atoms with Crippen molar-refractivity contribution in [1.29, 1.82) is 0 Å². The molecule has 6 saturated carbocycles. The molecule has 4 heterocycles. The third-order valence-electron chi connectivity index (χ3n) is 31.9. The highest BCUT2D eigenvalue weighted by Gasteiger charge is 2.68. The van der Waals surface area contributed by atoms with E-state index in [4.69, 9.17) is 46.7 Å². The Morgan fingerprint density at radius 3 is 1.17 bits per heavy atom. The summed E-state index contributed by atoms with van der Waals surface area (Å²) >= 11 is 0. The Hall–Kier alpha value is -5.43. The highest BCUT2D eigenvalue weighted by molar-refractivity contribution is 7.00. The maximum Gasteiger partial charge on any atom is 0.261 e. The standard InChI is InChI=1S/C50H66O5Si.C50H64O5Si/c2*1-46(2,3)56(40-14-8-6-9-15-40,41-16-10-7-11-17-41)55-36-38-20-18-37(19-21-38)13-12-27-49-28-26-43-42(44(49)24-25-45(49)48(5)51-31-32-52-48)23-22-39-35-50(53-33-34-54-50)30-29-47(39,43)4/h6-11,14-22,42-45H,12-13,23-36H2,1-5H3;6-22,42-45H,23-36H2,1-5H3/b;13-12-/t2*42-,43-,44+,45-,47-,49+/m11/s1. The Balaban J connectivity index is 0.000000163. The van der Waals surface area contributed by atoms with Gasteiger partial charge < -0.3 is 46.7 Å². The maximum atomic E-state index is 7.28. The second kappa shape index (κ2) is 31.1. The van der Waals surface area contributed by atoms with Gasteiger partial charge in [-0.05, 0) is 227 Å². The fourth-order valence-corrected chi connectivity index (χ4v) is 35.8. The molecule has 598 valence electrons. The van der Waals surface area contributed by atoms with Crippen LogP contribution in [0.1, 0.15) is 213 Å². The third kappa shape index (κ3) is 14.0. The van der Waals surface area contributed by atoms with Gasteiger partial charge in [-0.25, -0.2) is 0 Å². The second-order valence-electron chi connectivity index (χ2n) is 39.2. The van der Waals surface area contributed by atoms with Crippen LogP contribution >= 0.6 is 0 Å². The van der Waals surface area contributed by atoms with E-state index in [9.17, 15) is 0 Å². The summed E-state index contributed by atoms with van der Waals surface area (Å²) in [7, 11) is -5.20. The first-order valence-electron chi connectivity index (χ1n) is 43.8. The molecule has 12 heteroatoms. The predicted octanol–water partition coefficient (Wildman–Crippen LogP) is 20.4. The zero-order valence-corrected chi connectivity index (χ0v) is 71.4. The van der Waals surface area contributed by atoms with E-state index in [1.807, 2.05) is 0 Å². The Morgan fingerprint density at radius 1 is 0.393 bits per heavy atom. The Kier molecular flexibility index (Phi) is 22.0. The molecule has 0 aromatic heterocycles. The van der Waals surface area contributed by atoms with Gasteiger partial charge >= 0.3 is 0 Å². The lowest BCUT2D eigenvalue weighted by Crippen LogP contribution is -2.66. The van der Waals surface area contributed by atoms with E-state index in [0.717, 1.165) is 102 Å². The number of hydrogen-bond acceptors (Lipinski definition) is 10. The highest BCUT2D eigenvalue weighted by atomic mass is 28.4. The average Bonchev–Trinajstić information content (AvgIpc) is 1.47. The van der Waals surface area contributed by atoms with E-state index >= 15 is 0 Å². The topological polar surface area (TPSA) is 92.3 Å². The monoisotopic (exact) mass is 1550 g/mol. The predicted molar refractivity (Wildman–Crippen MR) is 453 cm³/mol. The smallest absolute Gasteiger partial charge is 0.261 e. The van der Waals surface area contributed by atoms with E-state index in [0.29, 0.717) is 50.1 Å². The van der Waals surface area contributed by atoms with E-state index in [2.05, 4.69) is 263 Å². The number of rotatable bonds is 19. The van der Waals surface area contributed by atoms with Crippen LogP contribution in [0.15, 0.2) is 199 Å². The minimum absolute atomic E-state index is 0.0393. The lowest BCUT2D eigenvalue weighted by molar-refractivity contribution is -0.221. The van der Waals surface area contributed by atoms with Gasteiger partial charge in [0.15, 0.2) is 23.1 Å². The van der Waals surface area contributed by atoms with E-state index in [1.165, 1.54) is 133 Å². The molecular formula is C100H130O10Si2. The zero-order valence-electron chi connectivity index (χ0n) is 69.4. The molecule has 2 spiro atoms. The number of allylic oxidation sites excluding steroid dienone is 3. The van der Waals surface area contributed by atoms with Gasteiger partial charge in [0.25, 0.3) is 16.6 Å². The molecule has 6 aromatic carbocycles. The van der Waals surface area contributed by atoms with Gasteiger partial charge in [0, 0.05) is 37.5 Å². The van der Waals surface area contributed by atoms with Crippen LogP contribution in [0.2, 0.25) is 10.1 Å². The van der Waals surface area contributed by atoms with Crippen molar-refractivity contribution in [3.8, 4) is 0 Å². The quantitative estimate of drug-likeness (QED) is 0.0577. The van der Waals surface area contributed by atoms with Gasteiger partial charge in [-0.3, -0.25) is 0 Å². The minimum Gasteiger partial charge on any atom is -0.403 e. The largest absolute Gasteiger partial charge is 0.403 e. The first kappa shape index (κ1) is 79.1. The molecular weight excluding hydrogens is 1420 g/mol. The molecule has 18 rings (SSSR count). The Morgan fingerprint density at radius 2 is 0.759 bits per heavy atom.